The Labute approximate surface area is 178 Å². The molecular weight excluding hydrogens is 404 g/mol. The molecule has 1 aromatic heterocycles. The Morgan fingerprint density at radius 2 is 2.03 bits per heavy atom. The highest BCUT2D eigenvalue weighted by Gasteiger charge is 2.27. The number of phenols is 1. The number of hydrogen-bond acceptors (Lipinski definition) is 8. The maximum absolute atomic E-state index is 12.7. The molecule has 1 aromatic carbocycles. The summed E-state index contributed by atoms with van der Waals surface area (Å²) >= 11 is 0. The number of aromatic hydroxyl groups is 1. The lowest BCUT2D eigenvalue weighted by Crippen LogP contribution is -2.41. The van der Waals surface area contributed by atoms with E-state index >= 15 is 0 Å². The molecule has 0 saturated carbocycles. The van der Waals surface area contributed by atoms with E-state index < -0.39 is 5.63 Å². The topological polar surface area (TPSA) is 118 Å². The Balaban J connectivity index is 1.61. The maximum atomic E-state index is 12.7. The fourth-order valence-corrected chi connectivity index (χ4v) is 4.25. The van der Waals surface area contributed by atoms with E-state index in [1.165, 1.54) is 0 Å². The van der Waals surface area contributed by atoms with Crippen molar-refractivity contribution in [3.8, 4) is 11.5 Å². The van der Waals surface area contributed by atoms with Crippen LogP contribution in [0.1, 0.15) is 33.5 Å². The number of benzene rings is 1. The van der Waals surface area contributed by atoms with Crippen molar-refractivity contribution in [1.82, 2.24) is 10.2 Å². The molecule has 0 bridgehead atoms. The van der Waals surface area contributed by atoms with Crippen molar-refractivity contribution >= 4 is 23.2 Å². The number of aldehydes is 1. The van der Waals surface area contributed by atoms with Crippen LogP contribution in [-0.4, -0.2) is 68.2 Å². The molecule has 1 fully saturated rings. The van der Waals surface area contributed by atoms with Crippen LogP contribution in [0.2, 0.25) is 0 Å². The molecule has 166 valence electrons. The van der Waals surface area contributed by atoms with Crippen molar-refractivity contribution in [3.63, 3.8) is 0 Å². The van der Waals surface area contributed by atoms with E-state index in [9.17, 15) is 19.5 Å². The molecule has 0 spiro atoms. The zero-order chi connectivity index (χ0) is 22.0. The summed E-state index contributed by atoms with van der Waals surface area (Å²) < 4.78 is 16.3. The number of nitrogens with zero attached hydrogens (tertiary/aromatic N) is 1. The van der Waals surface area contributed by atoms with Crippen LogP contribution in [0.5, 0.6) is 11.5 Å². The standard InChI is InChI=1S/C22H26N2O7/c1-13-15(11-17(26)23-4-5-24-6-9-29-10-7-24)22(28)31-20-16(12-25)19(27)21-14(18(13)20)3-2-8-30-21/h12,27H,2-11H2,1H3,(H,23,26). The molecule has 0 atom stereocenters. The van der Waals surface area contributed by atoms with Crippen LogP contribution in [0.15, 0.2) is 9.21 Å². The molecule has 0 unspecified atom stereocenters. The van der Waals surface area contributed by atoms with E-state index in [-0.39, 0.29) is 40.5 Å². The highest BCUT2D eigenvalue weighted by molar-refractivity contribution is 6.02. The van der Waals surface area contributed by atoms with Gasteiger partial charge in [-0.05, 0) is 25.3 Å². The number of carbonyl (C=O) groups is 2. The monoisotopic (exact) mass is 430 g/mol. The fraction of sp³-hybridized carbons (Fsp3) is 0.500. The Morgan fingerprint density at radius 3 is 2.77 bits per heavy atom. The molecule has 31 heavy (non-hydrogen) atoms. The predicted molar refractivity (Wildman–Crippen MR) is 112 cm³/mol. The largest absolute Gasteiger partial charge is 0.504 e. The van der Waals surface area contributed by atoms with Crippen LogP contribution in [0.25, 0.3) is 11.0 Å². The minimum atomic E-state index is -0.687. The molecule has 2 N–H and O–H groups in total. The van der Waals surface area contributed by atoms with Crippen molar-refractivity contribution in [3.05, 3.63) is 32.7 Å². The first kappa shape index (κ1) is 21.3. The van der Waals surface area contributed by atoms with Gasteiger partial charge in [-0.1, -0.05) is 0 Å². The molecule has 9 heteroatoms. The average molecular weight is 430 g/mol. The van der Waals surface area contributed by atoms with Gasteiger partial charge < -0.3 is 24.3 Å². The normalized spacial score (nSPS) is 16.5. The molecule has 3 heterocycles. The number of morpholine rings is 1. The summed E-state index contributed by atoms with van der Waals surface area (Å²) in [5.41, 5.74) is 0.742. The second-order valence-corrected chi connectivity index (χ2v) is 7.82. The Morgan fingerprint density at radius 1 is 1.26 bits per heavy atom. The SMILES string of the molecule is Cc1c(CC(=O)NCCN2CCOCC2)c(=O)oc2c(C=O)c(O)c3c(c12)CCCO3. The molecule has 0 aliphatic carbocycles. The van der Waals surface area contributed by atoms with Crippen LogP contribution < -0.4 is 15.7 Å². The molecule has 2 aliphatic rings. The number of aryl methyl sites for hydroxylation is 2. The van der Waals surface area contributed by atoms with E-state index in [2.05, 4.69) is 10.2 Å². The van der Waals surface area contributed by atoms with Crippen molar-refractivity contribution in [2.45, 2.75) is 26.2 Å². The Bertz CT molecular complexity index is 1070. The van der Waals surface area contributed by atoms with Gasteiger partial charge in [0, 0.05) is 37.1 Å². The van der Waals surface area contributed by atoms with Gasteiger partial charge in [-0.15, -0.1) is 0 Å². The van der Waals surface area contributed by atoms with Crippen molar-refractivity contribution in [1.29, 1.82) is 0 Å². The number of ether oxygens (including phenoxy) is 2. The first-order chi connectivity index (χ1) is 15.0. The third-order valence-electron chi connectivity index (χ3n) is 5.91. The van der Waals surface area contributed by atoms with Crippen LogP contribution in [0, 0.1) is 6.92 Å². The number of rotatable bonds is 6. The fourth-order valence-electron chi connectivity index (χ4n) is 4.25. The summed E-state index contributed by atoms with van der Waals surface area (Å²) in [6, 6.07) is 0. The highest BCUT2D eigenvalue weighted by atomic mass is 16.5. The number of carbonyl (C=O) groups excluding carboxylic acids is 2. The maximum Gasteiger partial charge on any atom is 0.340 e. The lowest BCUT2D eigenvalue weighted by Gasteiger charge is -2.26. The van der Waals surface area contributed by atoms with Crippen molar-refractivity contribution in [2.75, 3.05) is 46.0 Å². The summed E-state index contributed by atoms with van der Waals surface area (Å²) in [5.74, 6) is -0.338. The van der Waals surface area contributed by atoms with E-state index in [1.807, 2.05) is 0 Å². The van der Waals surface area contributed by atoms with Crippen LogP contribution >= 0.6 is 0 Å². The zero-order valence-corrected chi connectivity index (χ0v) is 17.5. The minimum absolute atomic E-state index is 0.0377. The third-order valence-corrected chi connectivity index (χ3v) is 5.91. The molecule has 2 aromatic rings. The van der Waals surface area contributed by atoms with Gasteiger partial charge in [-0.3, -0.25) is 14.5 Å². The van der Waals surface area contributed by atoms with Gasteiger partial charge in [-0.2, -0.15) is 0 Å². The second-order valence-electron chi connectivity index (χ2n) is 7.82. The van der Waals surface area contributed by atoms with Gasteiger partial charge in [0.25, 0.3) is 0 Å². The summed E-state index contributed by atoms with van der Waals surface area (Å²) in [4.78, 5) is 39.0. The minimum Gasteiger partial charge on any atom is -0.504 e. The van der Waals surface area contributed by atoms with E-state index in [0.29, 0.717) is 62.1 Å². The average Bonchev–Trinajstić information content (AvgIpc) is 2.77. The first-order valence-corrected chi connectivity index (χ1v) is 10.5. The van der Waals surface area contributed by atoms with Gasteiger partial charge in [-0.25, -0.2) is 4.79 Å². The number of hydrogen-bond donors (Lipinski definition) is 2. The molecule has 1 amide bonds. The lowest BCUT2D eigenvalue weighted by molar-refractivity contribution is -0.120. The molecule has 0 radical (unpaired) electrons. The molecule has 9 nitrogen and oxygen atoms in total. The Hall–Kier alpha value is -2.91. The summed E-state index contributed by atoms with van der Waals surface area (Å²) in [6.07, 6.45) is 1.67. The van der Waals surface area contributed by atoms with Crippen molar-refractivity contribution in [2.24, 2.45) is 0 Å². The predicted octanol–water partition coefficient (Wildman–Crippen LogP) is 0.935. The van der Waals surface area contributed by atoms with E-state index in [1.54, 1.807) is 6.92 Å². The third kappa shape index (κ3) is 4.15. The quantitative estimate of drug-likeness (QED) is 0.513. The van der Waals surface area contributed by atoms with Gasteiger partial charge in [0.2, 0.25) is 5.91 Å². The first-order valence-electron chi connectivity index (χ1n) is 10.5. The highest BCUT2D eigenvalue weighted by Crippen LogP contribution is 2.43. The molecule has 1 saturated heterocycles. The molecular formula is C22H26N2O7. The smallest absolute Gasteiger partial charge is 0.340 e. The number of amides is 1. The van der Waals surface area contributed by atoms with Gasteiger partial charge in [0.15, 0.2) is 23.4 Å². The van der Waals surface area contributed by atoms with Crippen LogP contribution in [0.4, 0.5) is 0 Å². The van der Waals surface area contributed by atoms with E-state index in [4.69, 9.17) is 13.9 Å². The number of nitrogens with one attached hydrogen (secondary N) is 1. The van der Waals surface area contributed by atoms with Crippen molar-refractivity contribution < 1.29 is 28.6 Å². The van der Waals surface area contributed by atoms with Crippen LogP contribution in [0.3, 0.4) is 0 Å². The summed E-state index contributed by atoms with van der Waals surface area (Å²) in [5, 5.41) is 13.9. The van der Waals surface area contributed by atoms with Gasteiger partial charge >= 0.3 is 5.63 Å². The Kier molecular flexibility index (Phi) is 6.24. The molecule has 2 aliphatic heterocycles. The number of phenolic OH excluding ortho intramolecular Hbond substituents is 1. The lowest BCUT2D eigenvalue weighted by atomic mass is 9.92. The van der Waals surface area contributed by atoms with Gasteiger partial charge in [0.1, 0.15) is 5.56 Å². The second kappa shape index (κ2) is 9.07. The summed E-state index contributed by atoms with van der Waals surface area (Å²) in [6.45, 7) is 6.41. The van der Waals surface area contributed by atoms with E-state index in [0.717, 1.165) is 19.5 Å². The molecule has 4 rings (SSSR count). The number of fused-ring (bicyclic) bond motifs is 3. The summed E-state index contributed by atoms with van der Waals surface area (Å²) in [7, 11) is 0. The zero-order valence-electron chi connectivity index (χ0n) is 17.5. The van der Waals surface area contributed by atoms with Crippen LogP contribution in [-0.2, 0) is 22.4 Å². The van der Waals surface area contributed by atoms with Gasteiger partial charge in [0.05, 0.1) is 31.8 Å².